The second-order valence-corrected chi connectivity index (χ2v) is 11.5. The summed E-state index contributed by atoms with van der Waals surface area (Å²) >= 11 is 0. The zero-order valence-corrected chi connectivity index (χ0v) is 15.0. The summed E-state index contributed by atoms with van der Waals surface area (Å²) in [6.07, 6.45) is 0. The fourth-order valence-corrected chi connectivity index (χ4v) is 2.62. The Morgan fingerprint density at radius 3 is 2.18 bits per heavy atom. The van der Waals surface area contributed by atoms with Crippen molar-refractivity contribution in [3.8, 4) is 11.5 Å². The van der Waals surface area contributed by atoms with E-state index in [0.717, 1.165) is 12.1 Å². The Kier molecular flexibility index (Phi) is 5.60. The van der Waals surface area contributed by atoms with Crippen LogP contribution in [0.1, 0.15) is 29.7 Å². The van der Waals surface area contributed by atoms with Crippen LogP contribution in [0.25, 0.3) is 0 Å². The summed E-state index contributed by atoms with van der Waals surface area (Å²) in [6, 6.07) is 19.5. The molecule has 0 spiro atoms. The second kappa shape index (κ2) is 7.44. The number of nitrogens with one attached hydrogen (secondary N) is 1. The topological polar surface area (TPSA) is 12.0 Å². The van der Waals surface area contributed by atoms with Crippen LogP contribution in [-0.2, 0) is 6.54 Å². The van der Waals surface area contributed by atoms with E-state index in [2.05, 4.69) is 97.9 Å². The fraction of sp³-hybridized carbons (Fsp3) is 0.300. The summed E-state index contributed by atoms with van der Waals surface area (Å²) in [4.78, 5) is 0. The number of benzene rings is 2. The first-order valence-corrected chi connectivity index (χ1v) is 11.3. The Morgan fingerprint density at radius 2 is 1.59 bits per heavy atom. The van der Waals surface area contributed by atoms with Crippen molar-refractivity contribution in [2.24, 2.45) is 0 Å². The lowest BCUT2D eigenvalue weighted by Gasteiger charge is -2.14. The maximum Gasteiger partial charge on any atom is 0.129 e. The van der Waals surface area contributed by atoms with Crippen LogP contribution in [0.15, 0.2) is 54.6 Å². The lowest BCUT2D eigenvalue weighted by Crippen LogP contribution is -2.18. The molecule has 0 aromatic heterocycles. The summed E-state index contributed by atoms with van der Waals surface area (Å²) in [5.41, 5.74) is 7.13. The summed E-state index contributed by atoms with van der Waals surface area (Å²) in [6.45, 7) is 9.87. The summed E-state index contributed by atoms with van der Waals surface area (Å²) in [5.74, 6) is 3.29. The van der Waals surface area contributed by atoms with E-state index < -0.39 is 8.07 Å². The van der Waals surface area contributed by atoms with Crippen molar-refractivity contribution in [3.63, 3.8) is 0 Å². The molecule has 0 fully saturated rings. The zero-order valence-electron chi connectivity index (χ0n) is 14.0. The third-order valence-electron chi connectivity index (χ3n) is 3.45. The first kappa shape index (κ1) is 16.5. The van der Waals surface area contributed by atoms with Gasteiger partial charge in [0.2, 0.25) is 0 Å². The van der Waals surface area contributed by atoms with Crippen LogP contribution in [0.3, 0.4) is 0 Å². The van der Waals surface area contributed by atoms with E-state index in [0.29, 0.717) is 6.04 Å². The average Bonchev–Trinajstić information content (AvgIpc) is 2.52. The Labute approximate surface area is 135 Å². The predicted octanol–water partition coefficient (Wildman–Crippen LogP) is 4.77. The summed E-state index contributed by atoms with van der Waals surface area (Å²) in [7, 11) is -1.29. The molecule has 1 N–H and O–H groups in total. The Morgan fingerprint density at radius 1 is 0.955 bits per heavy atom. The van der Waals surface area contributed by atoms with Gasteiger partial charge in [0, 0.05) is 18.2 Å². The van der Waals surface area contributed by atoms with Gasteiger partial charge in [-0.3, -0.25) is 0 Å². The molecule has 2 heteroatoms. The van der Waals surface area contributed by atoms with Crippen molar-refractivity contribution in [3.05, 3.63) is 71.3 Å². The van der Waals surface area contributed by atoms with Crippen LogP contribution in [0, 0.1) is 11.5 Å². The third-order valence-corrected chi connectivity index (χ3v) is 4.32. The van der Waals surface area contributed by atoms with E-state index in [-0.39, 0.29) is 0 Å². The average molecular weight is 308 g/mol. The Balaban J connectivity index is 1.93. The van der Waals surface area contributed by atoms with Gasteiger partial charge >= 0.3 is 0 Å². The van der Waals surface area contributed by atoms with Gasteiger partial charge in [0.05, 0.1) is 0 Å². The molecule has 2 rings (SSSR count). The monoisotopic (exact) mass is 307 g/mol. The molecular weight excluding hydrogens is 282 g/mol. The quantitative estimate of drug-likeness (QED) is 0.634. The van der Waals surface area contributed by atoms with Gasteiger partial charge in [0.15, 0.2) is 0 Å². The van der Waals surface area contributed by atoms with Gasteiger partial charge in [-0.25, -0.2) is 0 Å². The van der Waals surface area contributed by atoms with Crippen LogP contribution in [0.4, 0.5) is 0 Å². The van der Waals surface area contributed by atoms with Crippen LogP contribution in [0.2, 0.25) is 19.6 Å². The van der Waals surface area contributed by atoms with Crippen molar-refractivity contribution in [1.82, 2.24) is 5.32 Å². The highest BCUT2D eigenvalue weighted by Gasteiger charge is 2.07. The van der Waals surface area contributed by atoms with Gasteiger partial charge in [-0.1, -0.05) is 68.0 Å². The molecule has 2 aromatic rings. The first-order valence-electron chi connectivity index (χ1n) is 7.84. The van der Waals surface area contributed by atoms with Gasteiger partial charge in [0.25, 0.3) is 0 Å². The Bertz CT molecular complexity index is 642. The van der Waals surface area contributed by atoms with Gasteiger partial charge in [0.1, 0.15) is 8.07 Å². The van der Waals surface area contributed by atoms with E-state index in [1.807, 2.05) is 0 Å². The molecule has 0 aliphatic carbocycles. The van der Waals surface area contributed by atoms with Crippen molar-refractivity contribution >= 4 is 8.07 Å². The molecule has 0 unspecified atom stereocenters. The molecule has 22 heavy (non-hydrogen) atoms. The van der Waals surface area contributed by atoms with E-state index in [1.165, 1.54) is 11.1 Å². The maximum atomic E-state index is 3.56. The molecular formula is C20H25NSi. The molecule has 114 valence electrons. The molecule has 2 aromatic carbocycles. The number of rotatable bonds is 4. The van der Waals surface area contributed by atoms with Crippen LogP contribution >= 0.6 is 0 Å². The normalized spacial score (nSPS) is 12.4. The highest BCUT2D eigenvalue weighted by atomic mass is 28.3. The zero-order chi connectivity index (χ0) is 16.0. The molecule has 0 aliphatic rings. The van der Waals surface area contributed by atoms with Gasteiger partial charge in [-0.05, 0) is 30.2 Å². The SMILES string of the molecule is C[C@@H](NCc1ccc(C#C[Si](C)(C)C)cc1)c1ccccc1. The van der Waals surface area contributed by atoms with Crippen LogP contribution in [-0.4, -0.2) is 8.07 Å². The van der Waals surface area contributed by atoms with Gasteiger partial charge < -0.3 is 5.32 Å². The Hall–Kier alpha value is -1.82. The fourth-order valence-electron chi connectivity index (χ4n) is 2.10. The van der Waals surface area contributed by atoms with Gasteiger partial charge in [-0.15, -0.1) is 5.54 Å². The molecule has 0 heterocycles. The summed E-state index contributed by atoms with van der Waals surface area (Å²) < 4.78 is 0. The van der Waals surface area contributed by atoms with Crippen molar-refractivity contribution < 1.29 is 0 Å². The lowest BCUT2D eigenvalue weighted by molar-refractivity contribution is 0.575. The minimum atomic E-state index is -1.29. The van der Waals surface area contributed by atoms with E-state index in [4.69, 9.17) is 0 Å². The van der Waals surface area contributed by atoms with Crippen LogP contribution < -0.4 is 5.32 Å². The van der Waals surface area contributed by atoms with Gasteiger partial charge in [-0.2, -0.15) is 0 Å². The van der Waals surface area contributed by atoms with Crippen LogP contribution in [0.5, 0.6) is 0 Å². The molecule has 0 aliphatic heterocycles. The van der Waals surface area contributed by atoms with Crippen molar-refractivity contribution in [2.75, 3.05) is 0 Å². The summed E-state index contributed by atoms with van der Waals surface area (Å²) in [5, 5.41) is 3.56. The largest absolute Gasteiger partial charge is 0.306 e. The molecule has 0 radical (unpaired) electrons. The number of hydrogen-bond acceptors (Lipinski definition) is 1. The van der Waals surface area contributed by atoms with E-state index in [1.54, 1.807) is 0 Å². The second-order valence-electron chi connectivity index (χ2n) is 6.71. The smallest absolute Gasteiger partial charge is 0.129 e. The first-order chi connectivity index (χ1) is 10.4. The minimum absolute atomic E-state index is 0.354. The van der Waals surface area contributed by atoms with E-state index >= 15 is 0 Å². The maximum absolute atomic E-state index is 3.56. The molecule has 0 bridgehead atoms. The molecule has 1 atom stereocenters. The third kappa shape index (κ3) is 5.52. The molecule has 0 amide bonds. The van der Waals surface area contributed by atoms with Crippen molar-refractivity contribution in [2.45, 2.75) is 39.2 Å². The standard InChI is InChI=1S/C20H25NSi/c1-17(20-8-6-5-7-9-20)21-16-19-12-10-18(11-13-19)14-15-22(2,3)4/h5-13,17,21H,16H2,1-4H3/t17-/m1/s1. The molecule has 0 saturated heterocycles. The van der Waals surface area contributed by atoms with Crippen molar-refractivity contribution in [1.29, 1.82) is 0 Å². The minimum Gasteiger partial charge on any atom is -0.306 e. The van der Waals surface area contributed by atoms with E-state index in [9.17, 15) is 0 Å². The highest BCUT2D eigenvalue weighted by molar-refractivity contribution is 6.83. The molecule has 0 saturated carbocycles. The number of hydrogen-bond donors (Lipinski definition) is 1. The molecule has 1 nitrogen and oxygen atoms in total. The lowest BCUT2D eigenvalue weighted by atomic mass is 10.1. The predicted molar refractivity (Wildman–Crippen MR) is 98.4 cm³/mol. The highest BCUT2D eigenvalue weighted by Crippen LogP contribution is 2.12.